The molecule has 1 amide bonds. The Morgan fingerprint density at radius 1 is 1.25 bits per heavy atom. The van der Waals surface area contributed by atoms with Gasteiger partial charge in [-0.15, -0.1) is 6.58 Å². The summed E-state index contributed by atoms with van der Waals surface area (Å²) in [6.45, 7) is 3.92. The number of thioether (sulfide) groups is 1. The average Bonchev–Trinajstić information content (AvgIpc) is 2.74. The van der Waals surface area contributed by atoms with Gasteiger partial charge in [-0.25, -0.2) is 17.7 Å². The van der Waals surface area contributed by atoms with Gasteiger partial charge in [0.05, 0.1) is 21.6 Å². The number of sulfonamides is 1. The summed E-state index contributed by atoms with van der Waals surface area (Å²) >= 11 is 7.13. The van der Waals surface area contributed by atoms with Gasteiger partial charge in [-0.1, -0.05) is 29.4 Å². The highest BCUT2D eigenvalue weighted by Crippen LogP contribution is 2.21. The molecular weight excluding hydrogens is 472 g/mol. The molecule has 8 nitrogen and oxygen atoms in total. The first-order valence-corrected chi connectivity index (χ1v) is 12.2. The minimum absolute atomic E-state index is 0.00654. The zero-order valence-corrected chi connectivity index (χ0v) is 19.8. The van der Waals surface area contributed by atoms with Gasteiger partial charge >= 0.3 is 0 Å². The molecule has 0 radical (unpaired) electrons. The smallest absolute Gasteiger partial charge is 0.262 e. The molecule has 1 aromatic heterocycles. The standard InChI is InChI=1S/C21H21ClN4O4S2/c1-4-11-26-20(28)17-10-5-14(22)12-18(17)24-21(26)31-13-19(27)23-15-6-8-16(9-7-15)32(29,30)25(2)3/h4-10,12H,1,11,13H2,2-3H3,(H,23,27). The number of nitrogens with zero attached hydrogens (tertiary/aromatic N) is 3. The van der Waals surface area contributed by atoms with Crippen LogP contribution in [0.2, 0.25) is 5.02 Å². The van der Waals surface area contributed by atoms with Gasteiger partial charge in [0.25, 0.3) is 5.56 Å². The van der Waals surface area contributed by atoms with E-state index in [-0.39, 0.29) is 28.7 Å². The molecular formula is C21H21ClN4O4S2. The van der Waals surface area contributed by atoms with Gasteiger partial charge in [-0.3, -0.25) is 14.2 Å². The van der Waals surface area contributed by atoms with Gasteiger partial charge in [0.2, 0.25) is 15.9 Å². The molecule has 0 bridgehead atoms. The summed E-state index contributed by atoms with van der Waals surface area (Å²) < 4.78 is 26.8. The van der Waals surface area contributed by atoms with Crippen molar-refractivity contribution in [2.45, 2.75) is 16.6 Å². The van der Waals surface area contributed by atoms with Crippen LogP contribution in [0.3, 0.4) is 0 Å². The van der Waals surface area contributed by atoms with Crippen LogP contribution in [0.25, 0.3) is 10.9 Å². The largest absolute Gasteiger partial charge is 0.325 e. The van der Waals surface area contributed by atoms with Gasteiger partial charge < -0.3 is 5.32 Å². The second kappa shape index (κ2) is 9.86. The molecule has 0 aliphatic heterocycles. The fourth-order valence-corrected chi connectivity index (χ4v) is 4.70. The Morgan fingerprint density at radius 2 is 1.94 bits per heavy atom. The SMILES string of the molecule is C=CCn1c(SCC(=O)Nc2ccc(S(=O)(=O)N(C)C)cc2)nc2cc(Cl)ccc2c1=O. The Hall–Kier alpha value is -2.66. The Morgan fingerprint density at radius 3 is 2.56 bits per heavy atom. The summed E-state index contributed by atoms with van der Waals surface area (Å²) in [6.07, 6.45) is 1.58. The molecule has 2 aromatic carbocycles. The number of carbonyl (C=O) groups excluding carboxylic acids is 1. The van der Waals surface area contributed by atoms with Crippen LogP contribution >= 0.6 is 23.4 Å². The van der Waals surface area contributed by atoms with Crippen LogP contribution in [0.4, 0.5) is 5.69 Å². The third-order valence-electron chi connectivity index (χ3n) is 4.44. The zero-order chi connectivity index (χ0) is 23.5. The number of nitrogens with one attached hydrogen (secondary N) is 1. The van der Waals surface area contributed by atoms with Crippen LogP contribution in [0.15, 0.2) is 70.0 Å². The predicted molar refractivity (Wildman–Crippen MR) is 128 cm³/mol. The molecule has 0 aliphatic carbocycles. The van der Waals surface area contributed by atoms with Crippen LogP contribution in [0.5, 0.6) is 0 Å². The maximum atomic E-state index is 12.8. The average molecular weight is 493 g/mol. The normalized spacial score (nSPS) is 11.6. The first-order chi connectivity index (χ1) is 15.1. The van der Waals surface area contributed by atoms with E-state index in [1.807, 2.05) is 0 Å². The lowest BCUT2D eigenvalue weighted by Gasteiger charge is -2.13. The molecule has 32 heavy (non-hydrogen) atoms. The highest BCUT2D eigenvalue weighted by Gasteiger charge is 2.17. The topological polar surface area (TPSA) is 101 Å². The van der Waals surface area contributed by atoms with Gasteiger partial charge in [-0.2, -0.15) is 0 Å². The second-order valence-corrected chi connectivity index (χ2v) is 10.4. The van der Waals surface area contributed by atoms with E-state index in [0.717, 1.165) is 16.1 Å². The lowest BCUT2D eigenvalue weighted by molar-refractivity contribution is -0.113. The van der Waals surface area contributed by atoms with Gasteiger partial charge in [0.15, 0.2) is 5.16 Å². The van der Waals surface area contributed by atoms with Crippen molar-refractivity contribution >= 4 is 55.9 Å². The summed E-state index contributed by atoms with van der Waals surface area (Å²) in [7, 11) is -0.651. The van der Waals surface area contributed by atoms with E-state index < -0.39 is 10.0 Å². The number of hydrogen-bond donors (Lipinski definition) is 1. The number of aromatic nitrogens is 2. The quantitative estimate of drug-likeness (QED) is 0.294. The fraction of sp³-hybridized carbons (Fsp3) is 0.190. The van der Waals surface area contributed by atoms with Crippen LogP contribution in [-0.2, 0) is 21.4 Å². The number of allylic oxidation sites excluding steroid dienone is 1. The highest BCUT2D eigenvalue weighted by atomic mass is 35.5. The van der Waals surface area contributed by atoms with Crippen molar-refractivity contribution in [3.63, 3.8) is 0 Å². The van der Waals surface area contributed by atoms with E-state index in [9.17, 15) is 18.0 Å². The number of amides is 1. The number of anilines is 1. The lowest BCUT2D eigenvalue weighted by Crippen LogP contribution is -2.24. The number of fused-ring (bicyclic) bond motifs is 1. The van der Waals surface area contributed by atoms with Crippen molar-refractivity contribution in [2.24, 2.45) is 0 Å². The third kappa shape index (κ3) is 5.21. The minimum atomic E-state index is -3.55. The number of hydrogen-bond acceptors (Lipinski definition) is 6. The van der Waals surface area contributed by atoms with E-state index in [4.69, 9.17) is 11.6 Å². The number of halogens is 1. The van der Waals surface area contributed by atoms with Crippen LogP contribution in [0, 0.1) is 0 Å². The van der Waals surface area contributed by atoms with Crippen molar-refractivity contribution in [3.05, 3.63) is 70.5 Å². The number of carbonyl (C=O) groups is 1. The molecule has 0 atom stereocenters. The first-order valence-electron chi connectivity index (χ1n) is 9.39. The maximum Gasteiger partial charge on any atom is 0.262 e. The van der Waals surface area contributed by atoms with Crippen molar-refractivity contribution in [1.82, 2.24) is 13.9 Å². The molecule has 1 heterocycles. The summed E-state index contributed by atoms with van der Waals surface area (Å²) in [5.41, 5.74) is 0.658. The fourth-order valence-electron chi connectivity index (χ4n) is 2.82. The monoisotopic (exact) mass is 492 g/mol. The summed E-state index contributed by atoms with van der Waals surface area (Å²) in [5.74, 6) is -0.336. The van der Waals surface area contributed by atoms with Gasteiger partial charge in [0, 0.05) is 31.4 Å². The van der Waals surface area contributed by atoms with Crippen LogP contribution in [-0.4, -0.2) is 48.0 Å². The van der Waals surface area contributed by atoms with Crippen LogP contribution in [0.1, 0.15) is 0 Å². The molecule has 168 valence electrons. The summed E-state index contributed by atoms with van der Waals surface area (Å²) in [6, 6.07) is 10.7. The molecule has 0 unspecified atom stereocenters. The lowest BCUT2D eigenvalue weighted by atomic mass is 10.2. The molecule has 0 spiro atoms. The molecule has 3 aromatic rings. The Bertz CT molecular complexity index is 1340. The predicted octanol–water partition coefficient (Wildman–Crippen LogP) is 3.22. The molecule has 0 fully saturated rings. The minimum Gasteiger partial charge on any atom is -0.325 e. The summed E-state index contributed by atoms with van der Waals surface area (Å²) in [4.78, 5) is 29.9. The van der Waals surface area contributed by atoms with E-state index in [0.29, 0.717) is 26.8 Å². The Kier molecular flexibility index (Phi) is 7.40. The van der Waals surface area contributed by atoms with Crippen molar-refractivity contribution in [2.75, 3.05) is 25.2 Å². The summed E-state index contributed by atoms with van der Waals surface area (Å²) in [5, 5.41) is 3.96. The van der Waals surface area contributed by atoms with E-state index >= 15 is 0 Å². The molecule has 11 heteroatoms. The Balaban J connectivity index is 1.76. The highest BCUT2D eigenvalue weighted by molar-refractivity contribution is 7.99. The van der Waals surface area contributed by atoms with Crippen LogP contribution < -0.4 is 10.9 Å². The van der Waals surface area contributed by atoms with E-state index in [1.54, 1.807) is 24.3 Å². The first kappa shape index (κ1) is 24.0. The van der Waals surface area contributed by atoms with E-state index in [2.05, 4.69) is 16.9 Å². The molecule has 0 aliphatic rings. The van der Waals surface area contributed by atoms with Crippen molar-refractivity contribution in [3.8, 4) is 0 Å². The molecule has 3 rings (SSSR count). The van der Waals surface area contributed by atoms with Gasteiger partial charge in [-0.05, 0) is 42.5 Å². The van der Waals surface area contributed by atoms with E-state index in [1.165, 1.54) is 42.9 Å². The molecule has 0 saturated heterocycles. The third-order valence-corrected chi connectivity index (χ3v) is 7.48. The Labute approximate surface area is 195 Å². The molecule has 1 N–H and O–H groups in total. The maximum absolute atomic E-state index is 12.8. The van der Waals surface area contributed by atoms with Gasteiger partial charge in [0.1, 0.15) is 0 Å². The van der Waals surface area contributed by atoms with Crippen molar-refractivity contribution < 1.29 is 13.2 Å². The number of benzene rings is 2. The molecule has 0 saturated carbocycles. The number of rotatable bonds is 8. The second-order valence-electron chi connectivity index (χ2n) is 6.91. The zero-order valence-electron chi connectivity index (χ0n) is 17.4. The van der Waals surface area contributed by atoms with Crippen molar-refractivity contribution in [1.29, 1.82) is 0 Å².